The van der Waals surface area contributed by atoms with Crippen LogP contribution in [0.4, 0.5) is 10.5 Å². The van der Waals surface area contributed by atoms with Crippen molar-refractivity contribution < 1.29 is 23.9 Å². The molecule has 0 saturated heterocycles. The van der Waals surface area contributed by atoms with E-state index in [1.54, 1.807) is 48.5 Å². The molecule has 3 aromatic carbocycles. The molecule has 0 bridgehead atoms. The minimum Gasteiger partial charge on any atom is -0.468 e. The summed E-state index contributed by atoms with van der Waals surface area (Å²) >= 11 is 0. The van der Waals surface area contributed by atoms with Crippen LogP contribution in [-0.4, -0.2) is 44.3 Å². The van der Waals surface area contributed by atoms with E-state index in [9.17, 15) is 14.4 Å². The predicted octanol–water partition coefficient (Wildman–Crippen LogP) is 4.04. The normalized spacial score (nSPS) is 13.8. The van der Waals surface area contributed by atoms with Gasteiger partial charge in [0.25, 0.3) is 0 Å². The van der Waals surface area contributed by atoms with Crippen LogP contribution in [0.5, 0.6) is 0 Å². The molecule has 0 spiro atoms. The molecule has 232 valence electrons. The lowest BCUT2D eigenvalue weighted by molar-refractivity contribution is -0.143. The Morgan fingerprint density at radius 2 is 1.27 bits per heavy atom. The van der Waals surface area contributed by atoms with Gasteiger partial charge in [-0.1, -0.05) is 30.3 Å². The molecule has 0 saturated carbocycles. The maximum Gasteiger partial charge on any atom is 0.328 e. The van der Waals surface area contributed by atoms with Crippen molar-refractivity contribution in [3.63, 3.8) is 0 Å². The zero-order chi connectivity index (χ0) is 32.3. The van der Waals surface area contributed by atoms with Gasteiger partial charge in [0.1, 0.15) is 12.1 Å². The highest BCUT2D eigenvalue weighted by atomic mass is 16.5. The number of nitrogens with one attached hydrogen (secondary N) is 2. The Hall–Kier alpha value is -5.19. The summed E-state index contributed by atoms with van der Waals surface area (Å²) in [6.45, 7) is 0. The number of nitrogens with two attached hydrogens (primary N) is 1. The molecular formula is C35H37N5O5. The van der Waals surface area contributed by atoms with E-state index in [1.807, 2.05) is 6.07 Å². The van der Waals surface area contributed by atoms with E-state index in [0.717, 1.165) is 55.3 Å². The van der Waals surface area contributed by atoms with Crippen LogP contribution in [0.1, 0.15) is 57.3 Å². The van der Waals surface area contributed by atoms with Gasteiger partial charge in [-0.15, -0.1) is 0 Å². The summed E-state index contributed by atoms with van der Waals surface area (Å²) in [5.41, 5.74) is 14.6. The molecular weight excluding hydrogens is 570 g/mol. The van der Waals surface area contributed by atoms with Crippen LogP contribution in [0.15, 0.2) is 54.6 Å². The van der Waals surface area contributed by atoms with Gasteiger partial charge in [-0.25, -0.2) is 9.59 Å². The predicted molar refractivity (Wildman–Crippen MR) is 168 cm³/mol. The van der Waals surface area contributed by atoms with Crippen molar-refractivity contribution in [2.45, 2.75) is 63.5 Å². The lowest BCUT2D eigenvalue weighted by Gasteiger charge is -2.20. The van der Waals surface area contributed by atoms with Crippen LogP contribution < -0.4 is 16.4 Å². The van der Waals surface area contributed by atoms with Gasteiger partial charge in [0.15, 0.2) is 0 Å². The number of benzene rings is 3. The van der Waals surface area contributed by atoms with Crippen LogP contribution in [0.3, 0.4) is 0 Å². The number of methoxy groups -OCH3 is 2. The molecule has 2 amide bonds. The minimum atomic E-state index is -0.812. The van der Waals surface area contributed by atoms with Crippen LogP contribution in [-0.2, 0) is 57.6 Å². The Morgan fingerprint density at radius 3 is 1.73 bits per heavy atom. The van der Waals surface area contributed by atoms with E-state index in [2.05, 4.69) is 27.5 Å². The summed E-state index contributed by atoms with van der Waals surface area (Å²) in [5, 5.41) is 23.4. The number of aryl methyl sites for hydroxylation is 2. The SMILES string of the molecule is COC(=O)[C@@H](Cc1ccc(C#N)cc1)NC(=O)Nc1c2c(cc3c1CCC3)CCC2.COC(=O)[C@H](N)Cc1ccc(C#N)cc1. The fourth-order valence-corrected chi connectivity index (χ4v) is 5.77. The second kappa shape index (κ2) is 15.5. The maximum atomic E-state index is 12.9. The second-order valence-electron chi connectivity index (χ2n) is 11.1. The average Bonchev–Trinajstić information content (AvgIpc) is 3.74. The molecule has 0 fully saturated rings. The standard InChI is InChI=1S/C24H25N3O3.C11H12N2O2/c1-30-23(28)21(12-15-8-10-16(14-25)11-9-15)26-24(29)27-22-19-6-2-4-17(19)13-18-5-3-7-20(18)22;1-15-11(14)10(13)6-8-2-4-9(7-12)5-3-8/h8-11,13,21H,2-7,12H2,1H3,(H2,26,27,29);2-5,10H,6,13H2,1H3/t21-;10-/m11/s1. The fourth-order valence-electron chi connectivity index (χ4n) is 5.77. The number of fused-ring (bicyclic) bond motifs is 2. The van der Waals surface area contributed by atoms with E-state index >= 15 is 0 Å². The number of amides is 2. The number of carbonyl (C=O) groups is 3. The van der Waals surface area contributed by atoms with Crippen LogP contribution in [0, 0.1) is 22.7 Å². The van der Waals surface area contributed by atoms with Crippen molar-refractivity contribution in [2.75, 3.05) is 19.5 Å². The number of esters is 2. The van der Waals surface area contributed by atoms with Gasteiger partial charge in [-0.05, 0) is 103 Å². The first-order valence-electron chi connectivity index (χ1n) is 14.9. The molecule has 4 N–H and O–H groups in total. The summed E-state index contributed by atoms with van der Waals surface area (Å²) in [4.78, 5) is 36.2. The second-order valence-corrected chi connectivity index (χ2v) is 11.1. The zero-order valence-electron chi connectivity index (χ0n) is 25.5. The van der Waals surface area contributed by atoms with Crippen LogP contribution in [0.25, 0.3) is 0 Å². The maximum absolute atomic E-state index is 12.9. The first-order chi connectivity index (χ1) is 21.8. The molecule has 2 aliphatic carbocycles. The molecule has 3 aromatic rings. The van der Waals surface area contributed by atoms with Crippen molar-refractivity contribution in [1.82, 2.24) is 5.32 Å². The smallest absolute Gasteiger partial charge is 0.328 e. The lowest BCUT2D eigenvalue weighted by Crippen LogP contribution is -2.45. The Morgan fingerprint density at radius 1 is 0.778 bits per heavy atom. The van der Waals surface area contributed by atoms with Crippen molar-refractivity contribution >= 4 is 23.7 Å². The summed E-state index contributed by atoms with van der Waals surface area (Å²) in [7, 11) is 2.62. The molecule has 0 aromatic heterocycles. The van der Waals surface area contributed by atoms with E-state index in [4.69, 9.17) is 21.0 Å². The highest BCUT2D eigenvalue weighted by Crippen LogP contribution is 2.38. The Kier molecular flexibility index (Phi) is 11.3. The molecule has 10 nitrogen and oxygen atoms in total. The summed E-state index contributed by atoms with van der Waals surface area (Å²) in [5.74, 6) is -0.933. The quantitative estimate of drug-likeness (QED) is 0.323. The van der Waals surface area contributed by atoms with Gasteiger partial charge >= 0.3 is 18.0 Å². The number of rotatable bonds is 8. The number of nitrogens with zero attached hydrogens (tertiary/aromatic N) is 2. The minimum absolute atomic E-state index is 0.288. The monoisotopic (exact) mass is 607 g/mol. The number of urea groups is 1. The van der Waals surface area contributed by atoms with E-state index in [-0.39, 0.29) is 6.42 Å². The first-order valence-corrected chi connectivity index (χ1v) is 14.9. The Labute approximate surface area is 263 Å². The number of ether oxygens (including phenoxy) is 2. The Balaban J connectivity index is 0.000000259. The largest absolute Gasteiger partial charge is 0.468 e. The topological polar surface area (TPSA) is 167 Å². The van der Waals surface area contributed by atoms with Crippen molar-refractivity contribution in [2.24, 2.45) is 5.73 Å². The number of nitriles is 2. The third-order valence-electron chi connectivity index (χ3n) is 8.07. The Bertz CT molecular complexity index is 1590. The van der Waals surface area contributed by atoms with Crippen molar-refractivity contribution in [3.8, 4) is 12.1 Å². The summed E-state index contributed by atoms with van der Waals surface area (Å²) in [6, 6.07) is 18.4. The number of anilines is 1. The van der Waals surface area contributed by atoms with Crippen LogP contribution >= 0.6 is 0 Å². The molecule has 0 radical (unpaired) electrons. The summed E-state index contributed by atoms with van der Waals surface area (Å²) < 4.78 is 9.41. The average molecular weight is 608 g/mol. The van der Waals surface area contributed by atoms with Gasteiger partial charge in [0, 0.05) is 12.1 Å². The molecule has 2 atom stereocenters. The van der Waals surface area contributed by atoms with E-state index in [0.29, 0.717) is 17.5 Å². The molecule has 0 aliphatic heterocycles. The van der Waals surface area contributed by atoms with Gasteiger partial charge in [-0.2, -0.15) is 10.5 Å². The van der Waals surface area contributed by atoms with E-state index in [1.165, 1.54) is 36.5 Å². The third-order valence-corrected chi connectivity index (χ3v) is 8.07. The zero-order valence-corrected chi connectivity index (χ0v) is 25.5. The highest BCUT2D eigenvalue weighted by molar-refractivity contribution is 5.94. The van der Waals surface area contributed by atoms with Gasteiger partial charge < -0.3 is 25.8 Å². The van der Waals surface area contributed by atoms with Gasteiger partial charge in [0.2, 0.25) is 0 Å². The van der Waals surface area contributed by atoms with Gasteiger partial charge in [0.05, 0.1) is 37.5 Å². The fraction of sp³-hybridized carbons (Fsp3) is 0.343. The molecule has 0 unspecified atom stereocenters. The van der Waals surface area contributed by atoms with E-state index < -0.39 is 30.1 Å². The lowest BCUT2D eigenvalue weighted by atomic mass is 9.99. The molecule has 5 rings (SSSR count). The van der Waals surface area contributed by atoms with Crippen LogP contribution in [0.2, 0.25) is 0 Å². The van der Waals surface area contributed by atoms with Crippen molar-refractivity contribution in [3.05, 3.63) is 99.1 Å². The molecule has 0 heterocycles. The van der Waals surface area contributed by atoms with Crippen molar-refractivity contribution in [1.29, 1.82) is 10.5 Å². The number of carbonyl (C=O) groups excluding carboxylic acids is 3. The molecule has 2 aliphatic rings. The summed E-state index contributed by atoms with van der Waals surface area (Å²) in [6.07, 6.45) is 6.99. The highest BCUT2D eigenvalue weighted by Gasteiger charge is 2.27. The number of hydrogen-bond acceptors (Lipinski definition) is 8. The first kappa shape index (κ1) is 32.7. The molecule has 45 heavy (non-hydrogen) atoms. The number of hydrogen-bond donors (Lipinski definition) is 3. The van der Waals surface area contributed by atoms with Gasteiger partial charge in [-0.3, -0.25) is 4.79 Å². The molecule has 10 heteroatoms. The third kappa shape index (κ3) is 8.47.